The van der Waals surface area contributed by atoms with Crippen molar-refractivity contribution in [1.82, 2.24) is 0 Å². The number of ether oxygens (including phenoxy) is 1. The quantitative estimate of drug-likeness (QED) is 0.222. The summed E-state index contributed by atoms with van der Waals surface area (Å²) in [5, 5.41) is 21.4. The van der Waals surface area contributed by atoms with Crippen molar-refractivity contribution >= 4 is 34.7 Å². The number of nitrogens with zero attached hydrogens (tertiary/aromatic N) is 1. The van der Waals surface area contributed by atoms with Gasteiger partial charge in [0.25, 0.3) is 11.7 Å². The van der Waals surface area contributed by atoms with Crippen LogP contribution in [-0.2, 0) is 16.0 Å². The maximum Gasteiger partial charge on any atom is 0.300 e. The summed E-state index contributed by atoms with van der Waals surface area (Å²) in [5.74, 6) is -1.28. The molecule has 0 bridgehead atoms. The second-order valence-electron chi connectivity index (χ2n) is 8.73. The standard InChI is InChI=1S/C29H28ClNO5/c1-4-14-36-24-13-9-20(15-17(24)3)27(33)25-26(19-8-12-23(32)22(30)16-19)31(29(35)28(25)34)21-10-6-18(5-2)7-11-21/h6-13,15-16,26,32-33H,4-5,14H2,1-3H3/b27-25-. The molecule has 186 valence electrons. The number of anilines is 1. The van der Waals surface area contributed by atoms with Crippen molar-refractivity contribution in [3.63, 3.8) is 0 Å². The second kappa shape index (κ2) is 10.5. The third-order valence-electron chi connectivity index (χ3n) is 6.26. The molecule has 0 aliphatic carbocycles. The van der Waals surface area contributed by atoms with Gasteiger partial charge in [0.15, 0.2) is 0 Å². The van der Waals surface area contributed by atoms with E-state index in [0.29, 0.717) is 29.2 Å². The van der Waals surface area contributed by atoms with Gasteiger partial charge in [0.2, 0.25) is 0 Å². The van der Waals surface area contributed by atoms with Crippen LogP contribution < -0.4 is 9.64 Å². The number of benzene rings is 3. The molecular formula is C29H28ClNO5. The number of phenols is 1. The molecule has 1 fully saturated rings. The van der Waals surface area contributed by atoms with Gasteiger partial charge in [0.05, 0.1) is 23.2 Å². The Kier molecular flexibility index (Phi) is 7.36. The van der Waals surface area contributed by atoms with Gasteiger partial charge in [-0.15, -0.1) is 0 Å². The first kappa shape index (κ1) is 25.3. The van der Waals surface area contributed by atoms with Crippen molar-refractivity contribution in [1.29, 1.82) is 0 Å². The van der Waals surface area contributed by atoms with E-state index >= 15 is 0 Å². The van der Waals surface area contributed by atoms with Gasteiger partial charge >= 0.3 is 0 Å². The Morgan fingerprint density at radius 3 is 2.36 bits per heavy atom. The molecule has 3 aromatic carbocycles. The number of carbonyl (C=O) groups excluding carboxylic acids is 2. The van der Waals surface area contributed by atoms with Crippen LogP contribution in [0.1, 0.15) is 48.6 Å². The lowest BCUT2D eigenvalue weighted by Crippen LogP contribution is -2.29. The molecule has 6 nitrogen and oxygen atoms in total. The largest absolute Gasteiger partial charge is 0.507 e. The highest BCUT2D eigenvalue weighted by Crippen LogP contribution is 2.43. The Labute approximate surface area is 215 Å². The number of Topliss-reactive ketones (excluding diaryl/α,β-unsaturated/α-hetero) is 1. The smallest absolute Gasteiger partial charge is 0.300 e. The molecular weight excluding hydrogens is 478 g/mol. The van der Waals surface area contributed by atoms with Gasteiger partial charge in [-0.3, -0.25) is 14.5 Å². The van der Waals surface area contributed by atoms with Crippen LogP contribution in [0.5, 0.6) is 11.5 Å². The van der Waals surface area contributed by atoms with Crippen molar-refractivity contribution < 1.29 is 24.5 Å². The van der Waals surface area contributed by atoms with Crippen LogP contribution in [0.2, 0.25) is 5.02 Å². The molecule has 0 spiro atoms. The van der Waals surface area contributed by atoms with E-state index in [4.69, 9.17) is 16.3 Å². The predicted octanol–water partition coefficient (Wildman–Crippen LogP) is 6.33. The van der Waals surface area contributed by atoms with Crippen LogP contribution in [0.3, 0.4) is 0 Å². The fraction of sp³-hybridized carbons (Fsp3) is 0.241. The fourth-order valence-electron chi connectivity index (χ4n) is 4.33. The number of hydrogen-bond acceptors (Lipinski definition) is 5. The second-order valence-corrected chi connectivity index (χ2v) is 9.14. The Morgan fingerprint density at radius 1 is 1.03 bits per heavy atom. The van der Waals surface area contributed by atoms with E-state index in [2.05, 4.69) is 0 Å². The average Bonchev–Trinajstić information content (AvgIpc) is 3.14. The van der Waals surface area contributed by atoms with E-state index in [-0.39, 0.29) is 22.1 Å². The minimum atomic E-state index is -0.938. The first-order chi connectivity index (χ1) is 17.3. The van der Waals surface area contributed by atoms with Crippen LogP contribution >= 0.6 is 11.6 Å². The number of aliphatic hydroxyl groups is 1. The van der Waals surface area contributed by atoms with Crippen molar-refractivity contribution in [3.8, 4) is 11.5 Å². The van der Waals surface area contributed by atoms with Crippen LogP contribution in [0, 0.1) is 6.92 Å². The molecule has 7 heteroatoms. The van der Waals surface area contributed by atoms with Gasteiger partial charge in [0.1, 0.15) is 17.3 Å². The summed E-state index contributed by atoms with van der Waals surface area (Å²) in [4.78, 5) is 28.0. The summed E-state index contributed by atoms with van der Waals surface area (Å²) in [5.41, 5.74) is 3.22. The number of aliphatic hydroxyl groups excluding tert-OH is 1. The van der Waals surface area contributed by atoms with Gasteiger partial charge in [-0.25, -0.2) is 0 Å². The van der Waals surface area contributed by atoms with Crippen LogP contribution in [0.15, 0.2) is 66.2 Å². The molecule has 0 aromatic heterocycles. The normalized spacial score (nSPS) is 17.0. The first-order valence-corrected chi connectivity index (χ1v) is 12.3. The van der Waals surface area contributed by atoms with E-state index in [1.54, 1.807) is 36.4 Å². The molecule has 1 saturated heterocycles. The molecule has 1 amide bonds. The number of halogens is 1. The highest BCUT2D eigenvalue weighted by Gasteiger charge is 2.47. The minimum absolute atomic E-state index is 0.0528. The van der Waals surface area contributed by atoms with Crippen LogP contribution in [0.25, 0.3) is 5.76 Å². The summed E-state index contributed by atoms with van der Waals surface area (Å²) < 4.78 is 5.73. The molecule has 36 heavy (non-hydrogen) atoms. The fourth-order valence-corrected chi connectivity index (χ4v) is 4.51. The number of ketones is 1. The Balaban J connectivity index is 1.88. The zero-order valence-electron chi connectivity index (χ0n) is 20.4. The van der Waals surface area contributed by atoms with Gasteiger partial charge in [-0.1, -0.05) is 43.6 Å². The lowest BCUT2D eigenvalue weighted by Gasteiger charge is -2.26. The summed E-state index contributed by atoms with van der Waals surface area (Å²) >= 11 is 6.19. The first-order valence-electron chi connectivity index (χ1n) is 11.9. The molecule has 1 aliphatic rings. The van der Waals surface area contributed by atoms with Gasteiger partial charge in [0, 0.05) is 11.3 Å². The van der Waals surface area contributed by atoms with Crippen molar-refractivity contribution in [2.45, 2.75) is 39.7 Å². The minimum Gasteiger partial charge on any atom is -0.507 e. The summed E-state index contributed by atoms with van der Waals surface area (Å²) in [6.07, 6.45) is 1.69. The molecule has 1 heterocycles. The molecule has 2 N–H and O–H groups in total. The highest BCUT2D eigenvalue weighted by atomic mass is 35.5. The number of amides is 1. The van der Waals surface area contributed by atoms with Crippen molar-refractivity contribution in [3.05, 3.63) is 93.5 Å². The summed E-state index contributed by atoms with van der Waals surface area (Å²) in [6.45, 7) is 6.46. The van der Waals surface area contributed by atoms with Gasteiger partial charge < -0.3 is 14.9 Å². The van der Waals surface area contributed by atoms with Crippen molar-refractivity contribution in [2.24, 2.45) is 0 Å². The number of aryl methyl sites for hydroxylation is 2. The molecule has 1 atom stereocenters. The van der Waals surface area contributed by atoms with Gasteiger partial charge in [-0.2, -0.15) is 0 Å². The molecule has 3 aromatic rings. The Hall–Kier alpha value is -3.77. The maximum atomic E-state index is 13.3. The molecule has 0 radical (unpaired) electrons. The monoisotopic (exact) mass is 505 g/mol. The van der Waals surface area contributed by atoms with Crippen LogP contribution in [-0.4, -0.2) is 28.5 Å². The van der Waals surface area contributed by atoms with Crippen molar-refractivity contribution in [2.75, 3.05) is 11.5 Å². The predicted molar refractivity (Wildman–Crippen MR) is 141 cm³/mol. The van der Waals surface area contributed by atoms with Gasteiger partial charge in [-0.05, 0) is 78.9 Å². The van der Waals surface area contributed by atoms with Crippen LogP contribution in [0.4, 0.5) is 5.69 Å². The number of carbonyl (C=O) groups is 2. The summed E-state index contributed by atoms with van der Waals surface area (Å²) in [7, 11) is 0. The molecule has 0 saturated carbocycles. The lowest BCUT2D eigenvalue weighted by molar-refractivity contribution is -0.132. The molecule has 1 aliphatic heterocycles. The molecule has 4 rings (SSSR count). The Morgan fingerprint density at radius 2 is 1.75 bits per heavy atom. The van der Waals surface area contributed by atoms with E-state index in [1.165, 1.54) is 17.0 Å². The SMILES string of the molecule is CCCOc1ccc(/C(O)=C2/C(=O)C(=O)N(c3ccc(CC)cc3)C2c2ccc(O)c(Cl)c2)cc1C. The van der Waals surface area contributed by atoms with E-state index < -0.39 is 17.7 Å². The molecule has 1 unspecified atom stereocenters. The lowest BCUT2D eigenvalue weighted by atomic mass is 9.94. The average molecular weight is 506 g/mol. The zero-order chi connectivity index (χ0) is 26.0. The van der Waals surface area contributed by atoms with E-state index in [0.717, 1.165) is 24.0 Å². The number of rotatable bonds is 7. The maximum absolute atomic E-state index is 13.3. The summed E-state index contributed by atoms with van der Waals surface area (Å²) in [6, 6.07) is 16.0. The third-order valence-corrected chi connectivity index (χ3v) is 6.57. The number of phenolic OH excluding ortho intramolecular Hbond substituents is 1. The highest BCUT2D eigenvalue weighted by molar-refractivity contribution is 6.51. The van der Waals surface area contributed by atoms with E-state index in [9.17, 15) is 19.8 Å². The zero-order valence-corrected chi connectivity index (χ0v) is 21.2. The Bertz CT molecular complexity index is 1350. The third kappa shape index (κ3) is 4.69. The topological polar surface area (TPSA) is 87.1 Å². The van der Waals surface area contributed by atoms with E-state index in [1.807, 2.05) is 32.9 Å². The number of aromatic hydroxyl groups is 1. The number of hydrogen-bond donors (Lipinski definition) is 2.